The van der Waals surface area contributed by atoms with Gasteiger partial charge < -0.3 is 10.3 Å². The number of H-pyrrole nitrogens is 1. The number of hydrogen-bond acceptors (Lipinski definition) is 4. The molecule has 0 spiro atoms. The molecule has 0 unspecified atom stereocenters. The zero-order valence-corrected chi connectivity index (χ0v) is 20.0. The van der Waals surface area contributed by atoms with Crippen molar-refractivity contribution in [1.29, 1.82) is 0 Å². The number of nitrogens with zero attached hydrogens (tertiary/aromatic N) is 2. The van der Waals surface area contributed by atoms with Crippen LogP contribution in [0.5, 0.6) is 0 Å². The first-order chi connectivity index (χ1) is 16.4. The van der Waals surface area contributed by atoms with Gasteiger partial charge in [0, 0.05) is 16.6 Å². The number of rotatable bonds is 5. The Morgan fingerprint density at radius 2 is 1.76 bits per heavy atom. The van der Waals surface area contributed by atoms with E-state index in [1.54, 1.807) is 4.57 Å². The minimum Gasteiger partial charge on any atom is -0.349 e. The van der Waals surface area contributed by atoms with Gasteiger partial charge in [0.2, 0.25) is 5.91 Å². The van der Waals surface area contributed by atoms with E-state index in [1.165, 1.54) is 11.8 Å². The molecule has 1 amide bonds. The van der Waals surface area contributed by atoms with Gasteiger partial charge in [0.1, 0.15) is 11.0 Å². The summed E-state index contributed by atoms with van der Waals surface area (Å²) in [6.07, 6.45) is 0. The molecule has 34 heavy (non-hydrogen) atoms. The van der Waals surface area contributed by atoms with Crippen molar-refractivity contribution in [3.63, 3.8) is 0 Å². The first-order valence-electron chi connectivity index (χ1n) is 11.0. The van der Waals surface area contributed by atoms with Crippen LogP contribution in [0.25, 0.3) is 27.6 Å². The van der Waals surface area contributed by atoms with Crippen molar-refractivity contribution >= 4 is 45.3 Å². The molecule has 6 nitrogen and oxygen atoms in total. The Morgan fingerprint density at radius 3 is 2.56 bits per heavy atom. The van der Waals surface area contributed by atoms with E-state index in [0.717, 1.165) is 39.0 Å². The fourth-order valence-electron chi connectivity index (χ4n) is 4.14. The summed E-state index contributed by atoms with van der Waals surface area (Å²) >= 11 is 1.25. The molecule has 0 aliphatic rings. The predicted octanol–water partition coefficient (Wildman–Crippen LogP) is 5.52. The minimum absolute atomic E-state index is 0.125. The molecule has 0 saturated heterocycles. The van der Waals surface area contributed by atoms with Gasteiger partial charge in [-0.15, -0.1) is 0 Å². The third kappa shape index (κ3) is 3.99. The molecule has 170 valence electrons. The van der Waals surface area contributed by atoms with Crippen LogP contribution < -0.4 is 10.9 Å². The molecule has 2 aromatic heterocycles. The van der Waals surface area contributed by atoms with Gasteiger partial charge in [-0.25, -0.2) is 4.98 Å². The van der Waals surface area contributed by atoms with Crippen LogP contribution in [-0.4, -0.2) is 26.2 Å². The van der Waals surface area contributed by atoms with E-state index in [4.69, 9.17) is 4.98 Å². The number of carbonyl (C=O) groups excluding carboxylic acids is 1. The SMILES string of the molecule is Cc1ccc(NC(=O)CSc2nc3c([nH]c4ccccc43)c(=O)n2-c2ccccc2C)c(C)c1. The van der Waals surface area contributed by atoms with Crippen LogP contribution in [0.3, 0.4) is 0 Å². The molecular weight excluding hydrogens is 444 g/mol. The largest absolute Gasteiger partial charge is 0.349 e. The number of aryl methyl sites for hydroxylation is 3. The van der Waals surface area contributed by atoms with E-state index in [0.29, 0.717) is 16.2 Å². The zero-order chi connectivity index (χ0) is 23.8. The molecule has 0 aliphatic carbocycles. The molecule has 3 aromatic carbocycles. The van der Waals surface area contributed by atoms with E-state index < -0.39 is 0 Å². The summed E-state index contributed by atoms with van der Waals surface area (Å²) in [5.74, 6) is -0.0268. The molecule has 2 N–H and O–H groups in total. The van der Waals surface area contributed by atoms with Crippen molar-refractivity contribution in [2.24, 2.45) is 0 Å². The lowest BCUT2D eigenvalue weighted by atomic mass is 10.1. The topological polar surface area (TPSA) is 79.8 Å². The summed E-state index contributed by atoms with van der Waals surface area (Å²) in [4.78, 5) is 34.5. The zero-order valence-electron chi connectivity index (χ0n) is 19.2. The van der Waals surface area contributed by atoms with Crippen molar-refractivity contribution in [3.05, 3.63) is 93.8 Å². The van der Waals surface area contributed by atoms with Crippen LogP contribution >= 0.6 is 11.8 Å². The Bertz CT molecular complexity index is 1620. The number of nitrogens with one attached hydrogen (secondary N) is 2. The molecule has 0 atom stereocenters. The highest BCUT2D eigenvalue weighted by Gasteiger charge is 2.19. The van der Waals surface area contributed by atoms with Crippen LogP contribution in [0, 0.1) is 20.8 Å². The van der Waals surface area contributed by atoms with Gasteiger partial charge in [-0.05, 0) is 50.1 Å². The van der Waals surface area contributed by atoms with Crippen molar-refractivity contribution in [3.8, 4) is 5.69 Å². The van der Waals surface area contributed by atoms with E-state index in [2.05, 4.69) is 10.3 Å². The van der Waals surface area contributed by atoms with Gasteiger partial charge in [-0.1, -0.05) is 65.9 Å². The predicted molar refractivity (Wildman–Crippen MR) is 139 cm³/mol. The van der Waals surface area contributed by atoms with Crippen molar-refractivity contribution in [2.45, 2.75) is 25.9 Å². The Balaban J connectivity index is 1.56. The highest BCUT2D eigenvalue weighted by Crippen LogP contribution is 2.27. The van der Waals surface area contributed by atoms with Crippen LogP contribution in [0.15, 0.2) is 76.7 Å². The molecule has 0 fully saturated rings. The number of aromatic nitrogens is 3. The molecule has 0 saturated carbocycles. The first kappa shape index (κ1) is 22.0. The second-order valence-electron chi connectivity index (χ2n) is 8.37. The smallest absolute Gasteiger partial charge is 0.283 e. The van der Waals surface area contributed by atoms with Crippen molar-refractivity contribution < 1.29 is 4.79 Å². The van der Waals surface area contributed by atoms with Crippen molar-refractivity contribution in [2.75, 3.05) is 11.1 Å². The summed E-state index contributed by atoms with van der Waals surface area (Å²) in [6.45, 7) is 5.95. The van der Waals surface area contributed by atoms with Gasteiger partial charge in [0.15, 0.2) is 5.16 Å². The van der Waals surface area contributed by atoms with E-state index in [9.17, 15) is 9.59 Å². The van der Waals surface area contributed by atoms with Crippen molar-refractivity contribution in [1.82, 2.24) is 14.5 Å². The average Bonchev–Trinajstić information content (AvgIpc) is 3.19. The number of anilines is 1. The monoisotopic (exact) mass is 468 g/mol. The normalized spacial score (nSPS) is 11.3. The minimum atomic E-state index is -0.187. The molecule has 2 heterocycles. The van der Waals surface area contributed by atoms with Crippen LogP contribution in [-0.2, 0) is 4.79 Å². The first-order valence-corrected chi connectivity index (χ1v) is 12.0. The summed E-state index contributed by atoms with van der Waals surface area (Å²) in [6, 6.07) is 21.3. The molecule has 0 bridgehead atoms. The fourth-order valence-corrected chi connectivity index (χ4v) is 4.93. The second kappa shape index (κ2) is 8.83. The molecule has 5 aromatic rings. The quantitative estimate of drug-likeness (QED) is 0.263. The lowest BCUT2D eigenvalue weighted by Gasteiger charge is -2.14. The lowest BCUT2D eigenvalue weighted by molar-refractivity contribution is -0.113. The van der Waals surface area contributed by atoms with Gasteiger partial charge in [-0.3, -0.25) is 14.2 Å². The van der Waals surface area contributed by atoms with Crippen LogP contribution in [0.4, 0.5) is 5.69 Å². The summed E-state index contributed by atoms with van der Waals surface area (Å²) in [5.41, 5.74) is 6.36. The Hall–Kier alpha value is -3.84. The van der Waals surface area contributed by atoms with Crippen LogP contribution in [0.2, 0.25) is 0 Å². The van der Waals surface area contributed by atoms with E-state index >= 15 is 0 Å². The summed E-state index contributed by atoms with van der Waals surface area (Å²) in [7, 11) is 0. The Morgan fingerprint density at radius 1 is 1.00 bits per heavy atom. The van der Waals surface area contributed by atoms with Gasteiger partial charge >= 0.3 is 0 Å². The summed E-state index contributed by atoms with van der Waals surface area (Å²) in [5, 5.41) is 4.34. The Labute approximate surface area is 201 Å². The second-order valence-corrected chi connectivity index (χ2v) is 9.31. The number of para-hydroxylation sites is 2. The van der Waals surface area contributed by atoms with Crippen LogP contribution in [0.1, 0.15) is 16.7 Å². The maximum absolute atomic E-state index is 13.7. The number of thioether (sulfide) groups is 1. The molecule has 5 rings (SSSR count). The number of carbonyl (C=O) groups is 1. The number of aromatic amines is 1. The average molecular weight is 469 g/mol. The summed E-state index contributed by atoms with van der Waals surface area (Å²) < 4.78 is 1.60. The number of amides is 1. The number of benzene rings is 3. The maximum atomic E-state index is 13.7. The Kier molecular flexibility index (Phi) is 5.71. The molecular formula is C27H24N4O2S. The van der Waals surface area contributed by atoms with Gasteiger partial charge in [0.25, 0.3) is 5.56 Å². The maximum Gasteiger partial charge on any atom is 0.283 e. The fraction of sp³-hybridized carbons (Fsp3) is 0.148. The van der Waals surface area contributed by atoms with E-state index in [1.807, 2.05) is 87.5 Å². The van der Waals surface area contributed by atoms with Gasteiger partial charge in [0.05, 0.1) is 11.4 Å². The third-order valence-electron chi connectivity index (χ3n) is 5.84. The molecule has 0 aliphatic heterocycles. The molecule has 7 heteroatoms. The highest BCUT2D eigenvalue weighted by atomic mass is 32.2. The highest BCUT2D eigenvalue weighted by molar-refractivity contribution is 7.99. The number of fused-ring (bicyclic) bond motifs is 3. The standard InChI is InChI=1S/C27H24N4O2S/c1-16-12-13-20(18(3)14-16)28-23(32)15-34-27-30-24-19-9-5-6-10-21(19)29-25(24)26(33)31(27)22-11-7-4-8-17(22)2/h4-14,29H,15H2,1-3H3,(H,28,32). The lowest BCUT2D eigenvalue weighted by Crippen LogP contribution is -2.23. The van der Waals surface area contributed by atoms with Gasteiger partial charge in [-0.2, -0.15) is 0 Å². The molecule has 0 radical (unpaired) electrons. The van der Waals surface area contributed by atoms with E-state index in [-0.39, 0.29) is 17.2 Å². The number of hydrogen-bond donors (Lipinski definition) is 2. The third-order valence-corrected chi connectivity index (χ3v) is 6.78.